The molecule has 0 saturated carbocycles. The zero-order valence-corrected chi connectivity index (χ0v) is 14.6. The molecule has 1 fully saturated rings. The smallest absolute Gasteiger partial charge is 0.151 e. The number of aromatic nitrogens is 2. The molecule has 132 valence electrons. The van der Waals surface area contributed by atoms with Gasteiger partial charge >= 0.3 is 0 Å². The zero-order valence-electron chi connectivity index (χ0n) is 14.6. The SMILES string of the molecule is CCC(CO)N1CCN(Cc2nc3c(F)cccc3n2CC)CC1. The van der Waals surface area contributed by atoms with E-state index in [-0.39, 0.29) is 18.5 Å². The number of fused-ring (bicyclic) bond motifs is 1. The van der Waals surface area contributed by atoms with Gasteiger partial charge in [0.2, 0.25) is 0 Å². The minimum atomic E-state index is -0.250. The molecule has 1 saturated heterocycles. The summed E-state index contributed by atoms with van der Waals surface area (Å²) in [5.41, 5.74) is 1.34. The maximum atomic E-state index is 14.0. The van der Waals surface area contributed by atoms with Gasteiger partial charge in [0.25, 0.3) is 0 Å². The molecule has 0 spiro atoms. The van der Waals surface area contributed by atoms with E-state index in [0.29, 0.717) is 5.52 Å². The van der Waals surface area contributed by atoms with E-state index in [1.165, 1.54) is 6.07 Å². The number of aliphatic hydroxyl groups is 1. The monoisotopic (exact) mass is 334 g/mol. The third-order valence-electron chi connectivity index (χ3n) is 5.10. The van der Waals surface area contributed by atoms with Crippen molar-refractivity contribution in [2.24, 2.45) is 0 Å². The number of rotatable bonds is 6. The van der Waals surface area contributed by atoms with Crippen LogP contribution in [-0.2, 0) is 13.1 Å². The molecule has 5 nitrogen and oxygen atoms in total. The van der Waals surface area contributed by atoms with Gasteiger partial charge in [-0.15, -0.1) is 0 Å². The van der Waals surface area contributed by atoms with E-state index in [1.54, 1.807) is 6.07 Å². The van der Waals surface area contributed by atoms with E-state index in [9.17, 15) is 9.50 Å². The molecule has 0 amide bonds. The van der Waals surface area contributed by atoms with Gasteiger partial charge in [0.05, 0.1) is 18.7 Å². The molecule has 1 N–H and O–H groups in total. The van der Waals surface area contributed by atoms with E-state index in [1.807, 2.05) is 6.07 Å². The predicted molar refractivity (Wildman–Crippen MR) is 93.4 cm³/mol. The Kier molecular flexibility index (Phi) is 5.48. The Labute approximate surface area is 142 Å². The Morgan fingerprint density at radius 1 is 1.21 bits per heavy atom. The van der Waals surface area contributed by atoms with Crippen LogP contribution in [0, 0.1) is 5.82 Å². The van der Waals surface area contributed by atoms with Crippen LogP contribution in [0.1, 0.15) is 26.1 Å². The highest BCUT2D eigenvalue weighted by Gasteiger charge is 2.23. The predicted octanol–water partition coefficient (Wildman–Crippen LogP) is 2.08. The van der Waals surface area contributed by atoms with Crippen molar-refractivity contribution < 1.29 is 9.50 Å². The lowest BCUT2D eigenvalue weighted by Gasteiger charge is -2.38. The number of benzene rings is 1. The highest BCUT2D eigenvalue weighted by atomic mass is 19.1. The Hall–Kier alpha value is -1.50. The van der Waals surface area contributed by atoms with Crippen LogP contribution in [0.15, 0.2) is 18.2 Å². The molecule has 2 heterocycles. The second kappa shape index (κ2) is 7.59. The van der Waals surface area contributed by atoms with Crippen LogP contribution < -0.4 is 0 Å². The average molecular weight is 334 g/mol. The lowest BCUT2D eigenvalue weighted by Crippen LogP contribution is -2.51. The van der Waals surface area contributed by atoms with Gasteiger partial charge in [-0.2, -0.15) is 0 Å². The molecule has 0 bridgehead atoms. The lowest BCUT2D eigenvalue weighted by molar-refractivity contribution is 0.0595. The number of piperazine rings is 1. The van der Waals surface area contributed by atoms with Crippen LogP contribution in [0.3, 0.4) is 0 Å². The average Bonchev–Trinajstić information content (AvgIpc) is 2.96. The number of hydrogen-bond acceptors (Lipinski definition) is 4. The van der Waals surface area contributed by atoms with Crippen LogP contribution in [0.5, 0.6) is 0 Å². The van der Waals surface area contributed by atoms with Gasteiger partial charge < -0.3 is 9.67 Å². The number of aryl methyl sites for hydroxylation is 1. The maximum Gasteiger partial charge on any atom is 0.151 e. The van der Waals surface area contributed by atoms with Gasteiger partial charge in [-0.25, -0.2) is 9.37 Å². The number of para-hydroxylation sites is 1. The fourth-order valence-electron chi connectivity index (χ4n) is 3.62. The van der Waals surface area contributed by atoms with Crippen molar-refractivity contribution in [3.8, 4) is 0 Å². The maximum absolute atomic E-state index is 14.0. The molecule has 1 atom stereocenters. The molecule has 1 unspecified atom stereocenters. The molecule has 1 aliphatic rings. The normalized spacial score (nSPS) is 18.3. The van der Waals surface area contributed by atoms with E-state index < -0.39 is 0 Å². The number of hydrogen-bond donors (Lipinski definition) is 1. The van der Waals surface area contributed by atoms with Crippen molar-refractivity contribution in [2.75, 3.05) is 32.8 Å². The van der Waals surface area contributed by atoms with E-state index in [4.69, 9.17) is 0 Å². The van der Waals surface area contributed by atoms with Crippen LogP contribution in [0.2, 0.25) is 0 Å². The zero-order chi connectivity index (χ0) is 17.1. The molecule has 2 aromatic rings. The summed E-state index contributed by atoms with van der Waals surface area (Å²) in [6.07, 6.45) is 0.974. The fraction of sp³-hybridized carbons (Fsp3) is 0.611. The van der Waals surface area contributed by atoms with Gasteiger partial charge in [0.1, 0.15) is 11.3 Å². The highest BCUT2D eigenvalue weighted by molar-refractivity contribution is 5.76. The highest BCUT2D eigenvalue weighted by Crippen LogP contribution is 2.21. The first-order chi connectivity index (χ1) is 11.7. The fourth-order valence-corrected chi connectivity index (χ4v) is 3.62. The summed E-state index contributed by atoms with van der Waals surface area (Å²) < 4.78 is 16.1. The minimum absolute atomic E-state index is 0.224. The molecule has 6 heteroatoms. The summed E-state index contributed by atoms with van der Waals surface area (Å²) >= 11 is 0. The molecular formula is C18H27FN4O. The minimum Gasteiger partial charge on any atom is -0.395 e. The third-order valence-corrected chi connectivity index (χ3v) is 5.10. The van der Waals surface area contributed by atoms with Crippen LogP contribution in [0.25, 0.3) is 11.0 Å². The molecule has 1 aromatic carbocycles. The van der Waals surface area contributed by atoms with Crippen molar-refractivity contribution >= 4 is 11.0 Å². The summed E-state index contributed by atoms with van der Waals surface area (Å²) in [6, 6.07) is 5.41. The summed E-state index contributed by atoms with van der Waals surface area (Å²) in [7, 11) is 0. The Balaban J connectivity index is 1.71. The number of imidazole rings is 1. The van der Waals surface area contributed by atoms with Crippen molar-refractivity contribution in [2.45, 2.75) is 39.4 Å². The van der Waals surface area contributed by atoms with Gasteiger partial charge in [-0.1, -0.05) is 13.0 Å². The largest absolute Gasteiger partial charge is 0.395 e. The van der Waals surface area contributed by atoms with Crippen molar-refractivity contribution in [3.05, 3.63) is 29.8 Å². The molecule has 1 aliphatic heterocycles. The summed E-state index contributed by atoms with van der Waals surface area (Å²) in [6.45, 7) is 9.76. The standard InChI is InChI=1S/C18H27FN4O/c1-3-14(13-24)22-10-8-21(9-11-22)12-17-20-18-15(19)6-5-7-16(18)23(17)4-2/h5-7,14,24H,3-4,8-13H2,1-2H3. The van der Waals surface area contributed by atoms with E-state index >= 15 is 0 Å². The summed E-state index contributed by atoms with van der Waals surface area (Å²) in [5, 5.41) is 9.45. The Morgan fingerprint density at radius 2 is 1.96 bits per heavy atom. The summed E-state index contributed by atoms with van der Waals surface area (Å²) in [5.74, 6) is 0.680. The van der Waals surface area contributed by atoms with Gasteiger partial charge in [0.15, 0.2) is 5.82 Å². The van der Waals surface area contributed by atoms with Gasteiger partial charge in [-0.05, 0) is 25.5 Å². The first-order valence-corrected chi connectivity index (χ1v) is 8.88. The Bertz CT molecular complexity index is 675. The Morgan fingerprint density at radius 3 is 2.58 bits per heavy atom. The van der Waals surface area contributed by atoms with Crippen LogP contribution in [0.4, 0.5) is 4.39 Å². The third kappa shape index (κ3) is 3.31. The van der Waals surface area contributed by atoms with Crippen molar-refractivity contribution in [1.82, 2.24) is 19.4 Å². The second-order valence-electron chi connectivity index (χ2n) is 6.44. The molecule has 3 rings (SSSR count). The van der Waals surface area contributed by atoms with Gasteiger partial charge in [0, 0.05) is 38.8 Å². The van der Waals surface area contributed by atoms with Crippen LogP contribution >= 0.6 is 0 Å². The summed E-state index contributed by atoms with van der Waals surface area (Å²) in [4.78, 5) is 9.28. The first-order valence-electron chi connectivity index (χ1n) is 8.88. The molecule has 24 heavy (non-hydrogen) atoms. The number of nitrogens with zero attached hydrogens (tertiary/aromatic N) is 4. The lowest BCUT2D eigenvalue weighted by atomic mass is 10.1. The van der Waals surface area contributed by atoms with E-state index in [0.717, 1.165) is 57.0 Å². The van der Waals surface area contributed by atoms with Crippen molar-refractivity contribution in [3.63, 3.8) is 0 Å². The molecule has 0 aliphatic carbocycles. The van der Waals surface area contributed by atoms with Crippen LogP contribution in [-0.4, -0.2) is 63.3 Å². The quantitative estimate of drug-likeness (QED) is 0.878. The van der Waals surface area contributed by atoms with E-state index in [2.05, 4.69) is 33.2 Å². The molecular weight excluding hydrogens is 307 g/mol. The second-order valence-corrected chi connectivity index (χ2v) is 6.44. The topological polar surface area (TPSA) is 44.5 Å². The number of halogens is 1. The first kappa shape index (κ1) is 17.3. The molecule has 0 radical (unpaired) electrons. The molecule has 1 aromatic heterocycles. The van der Waals surface area contributed by atoms with Gasteiger partial charge in [-0.3, -0.25) is 9.80 Å². The van der Waals surface area contributed by atoms with Crippen molar-refractivity contribution in [1.29, 1.82) is 0 Å². The number of aliphatic hydroxyl groups excluding tert-OH is 1.